The molecule has 4 heterocycles. The van der Waals surface area contributed by atoms with Gasteiger partial charge in [0.2, 0.25) is 12.7 Å². The summed E-state index contributed by atoms with van der Waals surface area (Å²) in [4.78, 5) is 21.7. The first-order valence-electron chi connectivity index (χ1n) is 11.8. The van der Waals surface area contributed by atoms with Gasteiger partial charge in [-0.05, 0) is 41.8 Å². The Labute approximate surface area is 202 Å². The summed E-state index contributed by atoms with van der Waals surface area (Å²) in [5, 5.41) is 12.9. The lowest BCUT2D eigenvalue weighted by Gasteiger charge is -2.34. The van der Waals surface area contributed by atoms with E-state index in [0.29, 0.717) is 24.9 Å². The fraction of sp³-hybridized carbons (Fsp3) is 0.320. The fourth-order valence-corrected chi connectivity index (χ4v) is 4.48. The number of anilines is 2. The van der Waals surface area contributed by atoms with E-state index in [9.17, 15) is 5.11 Å². The Morgan fingerprint density at radius 3 is 2.60 bits per heavy atom. The lowest BCUT2D eigenvalue weighted by molar-refractivity contribution is 0.174. The molecule has 0 aliphatic carbocycles. The number of imidazole rings is 1. The number of piperazine rings is 1. The number of H-pyrrole nitrogens is 1. The first-order chi connectivity index (χ1) is 17.2. The van der Waals surface area contributed by atoms with Crippen molar-refractivity contribution in [1.29, 1.82) is 0 Å². The van der Waals surface area contributed by atoms with Crippen molar-refractivity contribution in [3.8, 4) is 17.2 Å². The van der Waals surface area contributed by atoms with Crippen LogP contribution in [0.25, 0.3) is 11.2 Å². The van der Waals surface area contributed by atoms with Crippen LogP contribution in [-0.4, -0.2) is 69.5 Å². The molecule has 0 saturated carbocycles. The Hall–Kier alpha value is -4.05. The standard InChI is InChI=1S/C25H27N7O3/c33-19-4-1-17(2-5-19)7-8-26-23-22-24(28-15-27-22)30-25(29-23)32-11-9-31(10-12-32)14-18-3-6-20-21(13-18)35-16-34-20/h1-6,13,15,33H,7-12,14,16H2,(H2,26,27,28,29,30). The molecule has 0 amide bonds. The third-order valence-corrected chi connectivity index (χ3v) is 6.41. The van der Waals surface area contributed by atoms with E-state index in [-0.39, 0.29) is 5.75 Å². The summed E-state index contributed by atoms with van der Waals surface area (Å²) < 4.78 is 10.9. The van der Waals surface area contributed by atoms with Crippen LogP contribution in [0.1, 0.15) is 11.1 Å². The van der Waals surface area contributed by atoms with Gasteiger partial charge in [-0.2, -0.15) is 9.97 Å². The minimum atomic E-state index is 0.275. The highest BCUT2D eigenvalue weighted by Gasteiger charge is 2.22. The smallest absolute Gasteiger partial charge is 0.231 e. The van der Waals surface area contributed by atoms with E-state index in [1.165, 1.54) is 5.56 Å². The molecule has 3 N–H and O–H groups in total. The third kappa shape index (κ3) is 4.65. The van der Waals surface area contributed by atoms with Crippen LogP contribution in [0.5, 0.6) is 17.2 Å². The monoisotopic (exact) mass is 473 g/mol. The van der Waals surface area contributed by atoms with Crippen LogP contribution in [0.3, 0.4) is 0 Å². The van der Waals surface area contributed by atoms with Gasteiger partial charge in [-0.15, -0.1) is 0 Å². The molecular formula is C25H27N7O3. The molecule has 35 heavy (non-hydrogen) atoms. The number of phenols is 1. The highest BCUT2D eigenvalue weighted by molar-refractivity contribution is 5.83. The Morgan fingerprint density at radius 1 is 0.943 bits per heavy atom. The molecule has 4 aromatic rings. The normalized spacial score (nSPS) is 15.6. The Kier molecular flexibility index (Phi) is 5.71. The van der Waals surface area contributed by atoms with Gasteiger partial charge in [0.1, 0.15) is 11.3 Å². The van der Waals surface area contributed by atoms with Crippen molar-refractivity contribution in [1.82, 2.24) is 24.8 Å². The highest BCUT2D eigenvalue weighted by atomic mass is 16.7. The molecule has 0 atom stereocenters. The van der Waals surface area contributed by atoms with E-state index in [0.717, 1.165) is 67.5 Å². The molecule has 180 valence electrons. The largest absolute Gasteiger partial charge is 0.508 e. The lowest BCUT2D eigenvalue weighted by atomic mass is 10.1. The highest BCUT2D eigenvalue weighted by Crippen LogP contribution is 2.33. The zero-order chi connectivity index (χ0) is 23.6. The van der Waals surface area contributed by atoms with Crippen LogP contribution in [-0.2, 0) is 13.0 Å². The molecule has 2 aliphatic rings. The van der Waals surface area contributed by atoms with Crippen molar-refractivity contribution in [2.75, 3.05) is 49.7 Å². The maximum atomic E-state index is 9.47. The molecule has 0 radical (unpaired) electrons. The zero-order valence-corrected chi connectivity index (χ0v) is 19.3. The number of nitrogens with one attached hydrogen (secondary N) is 2. The average Bonchev–Trinajstić information content (AvgIpc) is 3.55. The van der Waals surface area contributed by atoms with Gasteiger partial charge in [0.25, 0.3) is 0 Å². The molecule has 0 unspecified atom stereocenters. The molecular weight excluding hydrogens is 446 g/mol. The molecule has 2 aliphatic heterocycles. The molecule has 10 nitrogen and oxygen atoms in total. The summed E-state index contributed by atoms with van der Waals surface area (Å²) in [5.41, 5.74) is 3.83. The van der Waals surface area contributed by atoms with E-state index in [2.05, 4.69) is 37.2 Å². The van der Waals surface area contributed by atoms with Crippen LogP contribution in [0.4, 0.5) is 11.8 Å². The molecule has 1 saturated heterocycles. The van der Waals surface area contributed by atoms with Crippen molar-refractivity contribution >= 4 is 22.9 Å². The Morgan fingerprint density at radius 2 is 1.74 bits per heavy atom. The number of hydrogen-bond acceptors (Lipinski definition) is 9. The summed E-state index contributed by atoms with van der Waals surface area (Å²) in [6, 6.07) is 13.4. The van der Waals surface area contributed by atoms with Crippen molar-refractivity contribution in [2.24, 2.45) is 0 Å². The van der Waals surface area contributed by atoms with Crippen molar-refractivity contribution in [3.05, 3.63) is 59.9 Å². The SMILES string of the molecule is Oc1ccc(CCNc2nc(N3CCN(Cc4ccc5c(c4)OCO5)CC3)nc3nc[nH]c23)cc1. The summed E-state index contributed by atoms with van der Waals surface area (Å²) in [6.07, 6.45) is 2.46. The topological polar surface area (TPSA) is 112 Å². The van der Waals surface area contributed by atoms with Crippen LogP contribution in [0.2, 0.25) is 0 Å². The van der Waals surface area contributed by atoms with Crippen molar-refractivity contribution < 1.29 is 14.6 Å². The number of hydrogen-bond donors (Lipinski definition) is 3. The van der Waals surface area contributed by atoms with E-state index < -0.39 is 0 Å². The number of nitrogens with zero attached hydrogens (tertiary/aromatic N) is 5. The maximum absolute atomic E-state index is 9.47. The number of aromatic hydroxyl groups is 1. The van der Waals surface area contributed by atoms with Gasteiger partial charge in [0.05, 0.1) is 6.33 Å². The summed E-state index contributed by atoms with van der Waals surface area (Å²) >= 11 is 0. The lowest BCUT2D eigenvalue weighted by Crippen LogP contribution is -2.46. The molecule has 2 aromatic heterocycles. The number of fused-ring (bicyclic) bond motifs is 2. The first-order valence-corrected chi connectivity index (χ1v) is 11.8. The fourth-order valence-electron chi connectivity index (χ4n) is 4.48. The predicted octanol–water partition coefficient (Wildman–Crippen LogP) is 2.76. The van der Waals surface area contributed by atoms with Gasteiger partial charge in [-0.25, -0.2) is 4.98 Å². The second-order valence-corrected chi connectivity index (χ2v) is 8.77. The number of aromatic amines is 1. The second-order valence-electron chi connectivity index (χ2n) is 8.77. The first kappa shape index (κ1) is 21.5. The van der Waals surface area contributed by atoms with Crippen LogP contribution in [0.15, 0.2) is 48.8 Å². The van der Waals surface area contributed by atoms with Crippen molar-refractivity contribution in [2.45, 2.75) is 13.0 Å². The number of benzene rings is 2. The van der Waals surface area contributed by atoms with Crippen LogP contribution in [0, 0.1) is 0 Å². The van der Waals surface area contributed by atoms with Crippen molar-refractivity contribution in [3.63, 3.8) is 0 Å². The van der Waals surface area contributed by atoms with E-state index in [1.807, 2.05) is 18.2 Å². The summed E-state index contributed by atoms with van der Waals surface area (Å²) in [5.74, 6) is 3.37. The summed E-state index contributed by atoms with van der Waals surface area (Å²) in [7, 11) is 0. The second kappa shape index (κ2) is 9.30. The maximum Gasteiger partial charge on any atom is 0.231 e. The number of phenolic OH excluding ortho intramolecular Hbond substituents is 1. The number of aromatic nitrogens is 4. The van der Waals surface area contributed by atoms with Crippen LogP contribution < -0.4 is 19.7 Å². The van der Waals surface area contributed by atoms with E-state index >= 15 is 0 Å². The Bertz CT molecular complexity index is 1320. The molecule has 1 fully saturated rings. The average molecular weight is 474 g/mol. The molecule has 0 bridgehead atoms. The molecule has 10 heteroatoms. The minimum absolute atomic E-state index is 0.275. The van der Waals surface area contributed by atoms with Crippen LogP contribution >= 0.6 is 0 Å². The summed E-state index contributed by atoms with van der Waals surface area (Å²) in [6.45, 7) is 5.39. The molecule has 2 aromatic carbocycles. The Balaban J connectivity index is 1.10. The van der Waals surface area contributed by atoms with Gasteiger partial charge in [-0.3, -0.25) is 4.90 Å². The number of rotatable bonds is 7. The van der Waals surface area contributed by atoms with Gasteiger partial charge in [0, 0.05) is 39.3 Å². The van der Waals surface area contributed by atoms with E-state index in [4.69, 9.17) is 19.4 Å². The van der Waals surface area contributed by atoms with E-state index in [1.54, 1.807) is 18.5 Å². The predicted molar refractivity (Wildman–Crippen MR) is 132 cm³/mol. The van der Waals surface area contributed by atoms with Gasteiger partial charge in [-0.1, -0.05) is 18.2 Å². The third-order valence-electron chi connectivity index (χ3n) is 6.41. The van der Waals surface area contributed by atoms with Gasteiger partial charge >= 0.3 is 0 Å². The zero-order valence-electron chi connectivity index (χ0n) is 19.3. The molecule has 6 rings (SSSR count). The minimum Gasteiger partial charge on any atom is -0.508 e. The molecule has 0 spiro atoms. The van der Waals surface area contributed by atoms with Gasteiger partial charge in [0.15, 0.2) is 23.0 Å². The quantitative estimate of drug-likeness (QED) is 0.373. The van der Waals surface area contributed by atoms with Gasteiger partial charge < -0.3 is 29.8 Å². The number of ether oxygens (including phenoxy) is 2.